The standard InChI is InChI=1S/C25H31FN4/c26-21-18-19(22-9-6-13-27-22)11-12-20(21)25-28-23-8-2-3-10-24(23)30(25)17-7-16-29-14-4-1-5-15-29/h2-3,8,10-12,18,22,27H,1,4-7,9,13-17H2/t22-/m0/s1. The molecule has 1 aromatic heterocycles. The summed E-state index contributed by atoms with van der Waals surface area (Å²) in [6, 6.07) is 14.1. The van der Waals surface area contributed by atoms with Crippen molar-refractivity contribution < 1.29 is 4.39 Å². The summed E-state index contributed by atoms with van der Waals surface area (Å²) in [6.07, 6.45) is 7.27. The molecule has 0 aliphatic carbocycles. The van der Waals surface area contributed by atoms with E-state index < -0.39 is 0 Å². The SMILES string of the molecule is Fc1cc([C@@H]2CCCN2)ccc1-c1nc2ccccc2n1CCCN1CCCCC1. The third-order valence-electron chi connectivity index (χ3n) is 6.66. The molecular weight excluding hydrogens is 375 g/mol. The van der Waals surface area contributed by atoms with Gasteiger partial charge in [-0.25, -0.2) is 9.37 Å². The van der Waals surface area contributed by atoms with E-state index in [1.54, 1.807) is 6.07 Å². The summed E-state index contributed by atoms with van der Waals surface area (Å²) in [6.45, 7) is 5.39. The van der Waals surface area contributed by atoms with Crippen LogP contribution in [0.1, 0.15) is 50.1 Å². The number of rotatable bonds is 6. The van der Waals surface area contributed by atoms with Gasteiger partial charge in [0.1, 0.15) is 11.6 Å². The Bertz CT molecular complexity index is 1000. The third kappa shape index (κ3) is 4.01. The Kier molecular flexibility index (Phi) is 5.82. The van der Waals surface area contributed by atoms with Crippen LogP contribution in [-0.4, -0.2) is 40.6 Å². The second kappa shape index (κ2) is 8.86. The van der Waals surface area contributed by atoms with Crippen LogP contribution in [0.3, 0.4) is 0 Å². The molecule has 2 aromatic carbocycles. The molecule has 1 atom stereocenters. The Morgan fingerprint density at radius 1 is 1.00 bits per heavy atom. The second-order valence-electron chi connectivity index (χ2n) is 8.72. The zero-order chi connectivity index (χ0) is 20.3. The number of benzene rings is 2. The van der Waals surface area contributed by atoms with Gasteiger partial charge in [-0.2, -0.15) is 0 Å². The van der Waals surface area contributed by atoms with Gasteiger partial charge >= 0.3 is 0 Å². The van der Waals surface area contributed by atoms with Crippen molar-refractivity contribution in [2.45, 2.75) is 51.1 Å². The molecule has 0 bridgehead atoms. The number of hydrogen-bond donors (Lipinski definition) is 1. The van der Waals surface area contributed by atoms with Gasteiger partial charge in [0.25, 0.3) is 0 Å². The first-order valence-corrected chi connectivity index (χ1v) is 11.5. The second-order valence-corrected chi connectivity index (χ2v) is 8.72. The topological polar surface area (TPSA) is 33.1 Å². The van der Waals surface area contributed by atoms with E-state index in [9.17, 15) is 0 Å². The predicted octanol–water partition coefficient (Wildman–Crippen LogP) is 5.14. The number of aryl methyl sites for hydroxylation is 1. The van der Waals surface area contributed by atoms with Crippen LogP contribution in [0.5, 0.6) is 0 Å². The first-order valence-electron chi connectivity index (χ1n) is 11.5. The predicted molar refractivity (Wildman–Crippen MR) is 120 cm³/mol. The quantitative estimate of drug-likeness (QED) is 0.615. The highest BCUT2D eigenvalue weighted by atomic mass is 19.1. The maximum absolute atomic E-state index is 15.2. The summed E-state index contributed by atoms with van der Waals surface area (Å²) < 4.78 is 17.4. The molecule has 5 heteroatoms. The van der Waals surface area contributed by atoms with Crippen LogP contribution in [0, 0.1) is 5.82 Å². The lowest BCUT2D eigenvalue weighted by Crippen LogP contribution is -2.31. The number of aromatic nitrogens is 2. The number of halogens is 1. The van der Waals surface area contributed by atoms with Gasteiger partial charge in [-0.3, -0.25) is 0 Å². The van der Waals surface area contributed by atoms with E-state index in [-0.39, 0.29) is 11.9 Å². The molecule has 0 amide bonds. The maximum Gasteiger partial charge on any atom is 0.144 e. The highest BCUT2D eigenvalue weighted by Crippen LogP contribution is 2.31. The Morgan fingerprint density at radius 3 is 2.67 bits per heavy atom. The van der Waals surface area contributed by atoms with E-state index in [4.69, 9.17) is 4.98 Å². The Balaban J connectivity index is 1.42. The highest BCUT2D eigenvalue weighted by Gasteiger charge is 2.20. The van der Waals surface area contributed by atoms with Crippen LogP contribution >= 0.6 is 0 Å². The van der Waals surface area contributed by atoms with Crippen LogP contribution in [0.4, 0.5) is 4.39 Å². The highest BCUT2D eigenvalue weighted by molar-refractivity contribution is 5.80. The molecule has 3 heterocycles. The van der Waals surface area contributed by atoms with E-state index in [0.717, 1.165) is 61.3 Å². The van der Waals surface area contributed by atoms with Gasteiger partial charge in [-0.05, 0) is 88.1 Å². The average molecular weight is 407 g/mol. The zero-order valence-electron chi connectivity index (χ0n) is 17.6. The zero-order valence-corrected chi connectivity index (χ0v) is 17.6. The molecule has 158 valence electrons. The summed E-state index contributed by atoms with van der Waals surface area (Å²) >= 11 is 0. The molecule has 30 heavy (non-hydrogen) atoms. The number of hydrogen-bond acceptors (Lipinski definition) is 3. The molecular formula is C25H31FN4. The fourth-order valence-corrected chi connectivity index (χ4v) is 5.04. The monoisotopic (exact) mass is 406 g/mol. The average Bonchev–Trinajstić information content (AvgIpc) is 3.43. The van der Waals surface area contributed by atoms with E-state index in [2.05, 4.69) is 26.9 Å². The number of imidazole rings is 1. The minimum atomic E-state index is -0.172. The first-order chi connectivity index (χ1) is 14.8. The van der Waals surface area contributed by atoms with Gasteiger partial charge in [0.05, 0.1) is 16.6 Å². The lowest BCUT2D eigenvalue weighted by atomic mass is 10.0. The van der Waals surface area contributed by atoms with E-state index in [1.165, 1.54) is 32.4 Å². The van der Waals surface area contributed by atoms with Crippen LogP contribution in [0.25, 0.3) is 22.4 Å². The molecule has 3 aromatic rings. The van der Waals surface area contributed by atoms with Crippen LogP contribution < -0.4 is 5.32 Å². The maximum atomic E-state index is 15.2. The third-order valence-corrected chi connectivity index (χ3v) is 6.66. The van der Waals surface area contributed by atoms with Crippen LogP contribution in [0.15, 0.2) is 42.5 Å². The van der Waals surface area contributed by atoms with Crippen molar-refractivity contribution >= 4 is 11.0 Å². The van der Waals surface area contributed by atoms with E-state index in [1.807, 2.05) is 24.3 Å². The molecule has 2 saturated heterocycles. The molecule has 5 rings (SSSR count). The summed E-state index contributed by atoms with van der Waals surface area (Å²) in [5.41, 5.74) is 3.67. The number of likely N-dealkylation sites (tertiary alicyclic amines) is 1. The van der Waals surface area contributed by atoms with Gasteiger partial charge in [-0.1, -0.05) is 24.6 Å². The summed E-state index contributed by atoms with van der Waals surface area (Å²) in [5, 5.41) is 3.46. The molecule has 2 aliphatic rings. The van der Waals surface area contributed by atoms with Crippen molar-refractivity contribution in [2.75, 3.05) is 26.2 Å². The fraction of sp³-hybridized carbons (Fsp3) is 0.480. The number of fused-ring (bicyclic) bond motifs is 1. The van der Waals surface area contributed by atoms with Gasteiger partial charge in [0, 0.05) is 12.6 Å². The molecule has 2 fully saturated rings. The van der Waals surface area contributed by atoms with E-state index in [0.29, 0.717) is 5.56 Å². The van der Waals surface area contributed by atoms with Gasteiger partial charge in [0.15, 0.2) is 0 Å². The van der Waals surface area contributed by atoms with Gasteiger partial charge in [0.2, 0.25) is 0 Å². The molecule has 0 radical (unpaired) electrons. The van der Waals surface area contributed by atoms with Crippen molar-refractivity contribution in [3.05, 3.63) is 53.8 Å². The number of nitrogens with one attached hydrogen (secondary N) is 1. The lowest BCUT2D eigenvalue weighted by molar-refractivity contribution is 0.223. The van der Waals surface area contributed by atoms with Crippen LogP contribution in [0.2, 0.25) is 0 Å². The van der Waals surface area contributed by atoms with Crippen molar-refractivity contribution in [2.24, 2.45) is 0 Å². The Labute approximate surface area is 178 Å². The van der Waals surface area contributed by atoms with Crippen molar-refractivity contribution in [3.63, 3.8) is 0 Å². The van der Waals surface area contributed by atoms with Crippen LogP contribution in [-0.2, 0) is 6.54 Å². The van der Waals surface area contributed by atoms with Crippen molar-refractivity contribution in [1.82, 2.24) is 19.8 Å². The van der Waals surface area contributed by atoms with Crippen molar-refractivity contribution in [3.8, 4) is 11.4 Å². The number of piperidine rings is 1. The largest absolute Gasteiger partial charge is 0.324 e. The van der Waals surface area contributed by atoms with E-state index >= 15 is 4.39 Å². The first kappa shape index (κ1) is 19.7. The molecule has 2 aliphatic heterocycles. The summed E-state index contributed by atoms with van der Waals surface area (Å²) in [5.74, 6) is 0.576. The van der Waals surface area contributed by atoms with Gasteiger partial charge < -0.3 is 14.8 Å². The fourth-order valence-electron chi connectivity index (χ4n) is 5.04. The normalized spacial score (nSPS) is 20.2. The minimum Gasteiger partial charge on any atom is -0.324 e. The van der Waals surface area contributed by atoms with Crippen molar-refractivity contribution in [1.29, 1.82) is 0 Å². The minimum absolute atomic E-state index is 0.172. The smallest absolute Gasteiger partial charge is 0.144 e. The number of nitrogens with zero attached hydrogens (tertiary/aromatic N) is 3. The molecule has 0 spiro atoms. The lowest BCUT2D eigenvalue weighted by Gasteiger charge is -2.26. The summed E-state index contributed by atoms with van der Waals surface area (Å²) in [4.78, 5) is 7.39. The summed E-state index contributed by atoms with van der Waals surface area (Å²) in [7, 11) is 0. The molecule has 1 N–H and O–H groups in total. The van der Waals surface area contributed by atoms with Gasteiger partial charge in [-0.15, -0.1) is 0 Å². The molecule has 0 unspecified atom stereocenters. The Morgan fingerprint density at radius 2 is 1.87 bits per heavy atom. The molecule has 0 saturated carbocycles. The number of para-hydroxylation sites is 2. The molecule has 4 nitrogen and oxygen atoms in total. The Hall–Kier alpha value is -2.24.